The molecule has 120 valence electrons. The van der Waals surface area contributed by atoms with Gasteiger partial charge < -0.3 is 10.4 Å². The predicted octanol–water partition coefficient (Wildman–Crippen LogP) is 3.87. The van der Waals surface area contributed by atoms with Gasteiger partial charge in [0.2, 0.25) is 5.91 Å². The molecule has 2 aromatic carbocycles. The number of carbonyl (C=O) groups excluding carboxylic acids is 1. The lowest BCUT2D eigenvalue weighted by Crippen LogP contribution is -2.15. The molecule has 0 aromatic heterocycles. The van der Waals surface area contributed by atoms with Gasteiger partial charge in [-0.2, -0.15) is 0 Å². The zero-order chi connectivity index (χ0) is 16.8. The topological polar surface area (TPSA) is 66.4 Å². The van der Waals surface area contributed by atoms with E-state index in [9.17, 15) is 9.59 Å². The average Bonchev–Trinajstić information content (AvgIpc) is 2.51. The highest BCUT2D eigenvalue weighted by molar-refractivity contribution is 7.99. The Kier molecular flexibility index (Phi) is 5.82. The molecule has 2 aromatic rings. The summed E-state index contributed by atoms with van der Waals surface area (Å²) in [6.45, 7) is 3.94. The molecule has 0 aliphatic carbocycles. The van der Waals surface area contributed by atoms with E-state index in [0.29, 0.717) is 11.5 Å². The van der Waals surface area contributed by atoms with Crippen LogP contribution in [0.25, 0.3) is 0 Å². The van der Waals surface area contributed by atoms with Crippen molar-refractivity contribution >= 4 is 29.3 Å². The molecule has 0 aliphatic heterocycles. The van der Waals surface area contributed by atoms with Crippen LogP contribution in [-0.4, -0.2) is 22.7 Å². The molecule has 23 heavy (non-hydrogen) atoms. The fraction of sp³-hybridized carbons (Fsp3) is 0.222. The number of aromatic carboxylic acids is 1. The number of thioether (sulfide) groups is 1. The van der Waals surface area contributed by atoms with Crippen LogP contribution >= 0.6 is 11.8 Å². The molecule has 0 heterocycles. The van der Waals surface area contributed by atoms with Gasteiger partial charge in [0, 0.05) is 11.4 Å². The van der Waals surface area contributed by atoms with Gasteiger partial charge in [-0.3, -0.25) is 4.79 Å². The van der Waals surface area contributed by atoms with Gasteiger partial charge in [0.1, 0.15) is 0 Å². The second kappa shape index (κ2) is 7.83. The Morgan fingerprint density at radius 2 is 1.65 bits per heavy atom. The van der Waals surface area contributed by atoms with E-state index in [1.807, 2.05) is 32.0 Å². The molecule has 4 nitrogen and oxygen atoms in total. The van der Waals surface area contributed by atoms with Crippen molar-refractivity contribution in [3.63, 3.8) is 0 Å². The van der Waals surface area contributed by atoms with E-state index in [1.54, 1.807) is 24.3 Å². The SMILES string of the molecule is Cc1cccc(C)c1NC(=O)CSCc1ccc(C(=O)O)cc1. The zero-order valence-corrected chi connectivity index (χ0v) is 13.9. The number of aryl methyl sites for hydroxylation is 2. The molecule has 0 radical (unpaired) electrons. The molecule has 0 atom stereocenters. The van der Waals surface area contributed by atoms with Crippen LogP contribution < -0.4 is 5.32 Å². The van der Waals surface area contributed by atoms with Crippen LogP contribution in [0.5, 0.6) is 0 Å². The Hall–Kier alpha value is -2.27. The molecular formula is C18H19NO3S. The van der Waals surface area contributed by atoms with Gasteiger partial charge in [0.25, 0.3) is 0 Å². The normalized spacial score (nSPS) is 10.3. The van der Waals surface area contributed by atoms with Crippen LogP contribution in [0.2, 0.25) is 0 Å². The van der Waals surface area contributed by atoms with Crippen LogP contribution in [-0.2, 0) is 10.5 Å². The standard InChI is InChI=1S/C18H19NO3S/c1-12-4-3-5-13(2)17(12)19-16(20)11-23-10-14-6-8-15(9-7-14)18(21)22/h3-9H,10-11H2,1-2H3,(H,19,20)(H,21,22). The summed E-state index contributed by atoms with van der Waals surface area (Å²) < 4.78 is 0. The summed E-state index contributed by atoms with van der Waals surface area (Å²) in [6.07, 6.45) is 0. The molecule has 2 N–H and O–H groups in total. The van der Waals surface area contributed by atoms with Gasteiger partial charge in [-0.05, 0) is 42.7 Å². The van der Waals surface area contributed by atoms with Crippen molar-refractivity contribution in [2.75, 3.05) is 11.1 Å². The third-order valence-corrected chi connectivity index (χ3v) is 4.45. The first kappa shape index (κ1) is 17.1. The Balaban J connectivity index is 1.84. The molecule has 0 saturated heterocycles. The van der Waals surface area contributed by atoms with E-state index < -0.39 is 5.97 Å². The van der Waals surface area contributed by atoms with E-state index in [4.69, 9.17) is 5.11 Å². The van der Waals surface area contributed by atoms with Gasteiger partial charge in [0.05, 0.1) is 11.3 Å². The van der Waals surface area contributed by atoms with Crippen LogP contribution in [0.4, 0.5) is 5.69 Å². The summed E-state index contributed by atoms with van der Waals surface area (Å²) in [5, 5.41) is 11.8. The van der Waals surface area contributed by atoms with Gasteiger partial charge in [-0.1, -0.05) is 30.3 Å². The number of anilines is 1. The largest absolute Gasteiger partial charge is 0.478 e. The van der Waals surface area contributed by atoms with Crippen molar-refractivity contribution < 1.29 is 14.7 Å². The summed E-state index contributed by atoms with van der Waals surface area (Å²) in [5.74, 6) is 0.0564. The van der Waals surface area contributed by atoms with Crippen molar-refractivity contribution in [1.82, 2.24) is 0 Å². The lowest BCUT2D eigenvalue weighted by atomic mass is 10.1. The van der Waals surface area contributed by atoms with E-state index in [-0.39, 0.29) is 11.5 Å². The minimum absolute atomic E-state index is 0.0328. The lowest BCUT2D eigenvalue weighted by Gasteiger charge is -2.11. The fourth-order valence-electron chi connectivity index (χ4n) is 2.19. The predicted molar refractivity (Wildman–Crippen MR) is 94.1 cm³/mol. The highest BCUT2D eigenvalue weighted by Gasteiger charge is 2.08. The third kappa shape index (κ3) is 4.86. The van der Waals surface area contributed by atoms with E-state index in [2.05, 4.69) is 5.32 Å². The molecule has 1 amide bonds. The van der Waals surface area contributed by atoms with E-state index >= 15 is 0 Å². The van der Waals surface area contributed by atoms with Gasteiger partial charge in [-0.25, -0.2) is 4.79 Å². The number of para-hydroxylation sites is 1. The lowest BCUT2D eigenvalue weighted by molar-refractivity contribution is -0.113. The van der Waals surface area contributed by atoms with Crippen molar-refractivity contribution in [3.8, 4) is 0 Å². The Morgan fingerprint density at radius 1 is 1.04 bits per heavy atom. The minimum atomic E-state index is -0.933. The molecule has 2 rings (SSSR count). The van der Waals surface area contributed by atoms with Crippen LogP contribution in [0.1, 0.15) is 27.0 Å². The first-order chi connectivity index (χ1) is 11.0. The summed E-state index contributed by atoms with van der Waals surface area (Å²) in [4.78, 5) is 22.8. The highest BCUT2D eigenvalue weighted by Crippen LogP contribution is 2.20. The molecule has 0 aliphatic rings. The molecular weight excluding hydrogens is 310 g/mol. The number of carboxylic acids is 1. The Labute approximate surface area is 139 Å². The molecule has 0 fully saturated rings. The van der Waals surface area contributed by atoms with Crippen LogP contribution in [0.15, 0.2) is 42.5 Å². The molecule has 5 heteroatoms. The summed E-state index contributed by atoms with van der Waals surface area (Å²) in [5.41, 5.74) is 4.25. The minimum Gasteiger partial charge on any atom is -0.478 e. The smallest absolute Gasteiger partial charge is 0.335 e. The molecule has 0 bridgehead atoms. The number of nitrogens with one attached hydrogen (secondary N) is 1. The first-order valence-electron chi connectivity index (χ1n) is 7.23. The van der Waals surface area contributed by atoms with Crippen molar-refractivity contribution in [2.24, 2.45) is 0 Å². The maximum atomic E-state index is 12.0. The Morgan fingerprint density at radius 3 is 2.22 bits per heavy atom. The van der Waals surface area contributed by atoms with E-state index in [1.165, 1.54) is 11.8 Å². The number of rotatable bonds is 6. The maximum Gasteiger partial charge on any atom is 0.335 e. The second-order valence-corrected chi connectivity index (χ2v) is 6.30. The summed E-state index contributed by atoms with van der Waals surface area (Å²) in [7, 11) is 0. The van der Waals surface area contributed by atoms with Gasteiger partial charge in [-0.15, -0.1) is 11.8 Å². The molecule has 0 unspecified atom stereocenters. The number of amides is 1. The number of hydrogen-bond acceptors (Lipinski definition) is 3. The summed E-state index contributed by atoms with van der Waals surface area (Å²) in [6, 6.07) is 12.6. The van der Waals surface area contributed by atoms with Crippen molar-refractivity contribution in [1.29, 1.82) is 0 Å². The van der Waals surface area contributed by atoms with Crippen molar-refractivity contribution in [2.45, 2.75) is 19.6 Å². The first-order valence-corrected chi connectivity index (χ1v) is 8.39. The number of carbonyl (C=O) groups is 2. The third-order valence-electron chi connectivity index (χ3n) is 3.45. The van der Waals surface area contributed by atoms with E-state index in [0.717, 1.165) is 22.4 Å². The highest BCUT2D eigenvalue weighted by atomic mass is 32.2. The van der Waals surface area contributed by atoms with Gasteiger partial charge >= 0.3 is 5.97 Å². The van der Waals surface area contributed by atoms with Gasteiger partial charge in [0.15, 0.2) is 0 Å². The summed E-state index contributed by atoms with van der Waals surface area (Å²) >= 11 is 1.50. The van der Waals surface area contributed by atoms with Crippen molar-refractivity contribution in [3.05, 3.63) is 64.7 Å². The molecule has 0 saturated carbocycles. The second-order valence-electron chi connectivity index (χ2n) is 5.31. The van der Waals surface area contributed by atoms with Crippen LogP contribution in [0, 0.1) is 13.8 Å². The monoisotopic (exact) mass is 329 g/mol. The zero-order valence-electron chi connectivity index (χ0n) is 13.1. The average molecular weight is 329 g/mol. The Bertz CT molecular complexity index is 690. The molecule has 0 spiro atoms. The quantitative estimate of drug-likeness (QED) is 0.844. The fourth-order valence-corrected chi connectivity index (χ4v) is 2.98. The number of benzene rings is 2. The maximum absolute atomic E-state index is 12.0. The number of carboxylic acid groups (broad SMARTS) is 1. The van der Waals surface area contributed by atoms with Crippen LogP contribution in [0.3, 0.4) is 0 Å². The number of hydrogen-bond donors (Lipinski definition) is 2.